The molecule has 0 aliphatic carbocycles. The Morgan fingerprint density at radius 3 is 1.46 bits per heavy atom. The van der Waals surface area contributed by atoms with E-state index < -0.39 is 0 Å². The first kappa shape index (κ1) is 23.8. The van der Waals surface area contributed by atoms with Crippen LogP contribution in [0.4, 0.5) is 0 Å². The Balaban J connectivity index is 1.79. The van der Waals surface area contributed by atoms with E-state index in [-0.39, 0.29) is 0 Å². The third-order valence-corrected chi connectivity index (χ3v) is 5.73. The van der Waals surface area contributed by atoms with Crippen LogP contribution in [0.5, 0.6) is 0 Å². The standard InChI is InChI=1S/C23H39Cl2N/c1-2-3-4-5-6-7-8-9-10-11-12-13-14-15-16-17-18-21-19-20-22(24)26-23(21)25/h19-20H,2-18H2,1H3. The molecule has 0 saturated heterocycles. The van der Waals surface area contributed by atoms with Gasteiger partial charge in [-0.25, -0.2) is 4.98 Å². The number of aryl methyl sites for hydroxylation is 1. The lowest BCUT2D eigenvalue weighted by atomic mass is 10.0. The highest BCUT2D eigenvalue weighted by atomic mass is 35.5. The number of halogens is 2. The minimum atomic E-state index is 0.478. The zero-order valence-corrected chi connectivity index (χ0v) is 18.4. The van der Waals surface area contributed by atoms with Crippen LogP contribution < -0.4 is 0 Å². The summed E-state index contributed by atoms with van der Waals surface area (Å²) < 4.78 is 0. The van der Waals surface area contributed by atoms with E-state index in [9.17, 15) is 0 Å². The van der Waals surface area contributed by atoms with Gasteiger partial charge in [-0.1, -0.05) is 133 Å². The zero-order chi connectivity index (χ0) is 18.9. The van der Waals surface area contributed by atoms with Crippen molar-refractivity contribution >= 4 is 23.2 Å². The topological polar surface area (TPSA) is 12.9 Å². The highest BCUT2D eigenvalue weighted by molar-refractivity contribution is 6.32. The third-order valence-electron chi connectivity index (χ3n) is 5.19. The minimum Gasteiger partial charge on any atom is -0.224 e. The molecule has 0 saturated carbocycles. The van der Waals surface area contributed by atoms with Crippen LogP contribution >= 0.6 is 23.2 Å². The van der Waals surface area contributed by atoms with Crippen LogP contribution in [0, 0.1) is 0 Å². The molecule has 1 aromatic rings. The number of hydrogen-bond donors (Lipinski definition) is 0. The first-order valence-electron chi connectivity index (χ1n) is 11.0. The molecule has 0 aliphatic rings. The minimum absolute atomic E-state index is 0.478. The second-order valence-electron chi connectivity index (χ2n) is 7.64. The largest absolute Gasteiger partial charge is 0.224 e. The first-order chi connectivity index (χ1) is 12.7. The molecule has 0 unspecified atom stereocenters. The molecular weight excluding hydrogens is 361 g/mol. The van der Waals surface area contributed by atoms with Crippen LogP contribution in [0.3, 0.4) is 0 Å². The van der Waals surface area contributed by atoms with Crippen LogP contribution in [0.2, 0.25) is 10.3 Å². The lowest BCUT2D eigenvalue weighted by Crippen LogP contribution is -1.90. The van der Waals surface area contributed by atoms with Gasteiger partial charge < -0.3 is 0 Å². The van der Waals surface area contributed by atoms with Crippen LogP contribution in [-0.4, -0.2) is 4.98 Å². The van der Waals surface area contributed by atoms with E-state index in [4.69, 9.17) is 23.2 Å². The van der Waals surface area contributed by atoms with E-state index in [1.165, 1.54) is 103 Å². The number of aromatic nitrogens is 1. The van der Waals surface area contributed by atoms with E-state index in [2.05, 4.69) is 11.9 Å². The van der Waals surface area contributed by atoms with Crippen molar-refractivity contribution in [2.24, 2.45) is 0 Å². The van der Waals surface area contributed by atoms with E-state index in [0.29, 0.717) is 10.3 Å². The van der Waals surface area contributed by atoms with Crippen LogP contribution in [-0.2, 0) is 6.42 Å². The fourth-order valence-corrected chi connectivity index (χ4v) is 3.93. The Kier molecular flexibility index (Phi) is 15.4. The molecule has 1 heterocycles. The summed E-state index contributed by atoms with van der Waals surface area (Å²) in [4.78, 5) is 4.10. The van der Waals surface area contributed by atoms with E-state index >= 15 is 0 Å². The fourth-order valence-electron chi connectivity index (χ4n) is 3.49. The lowest BCUT2D eigenvalue weighted by molar-refractivity contribution is 0.529. The molecule has 26 heavy (non-hydrogen) atoms. The molecule has 0 atom stereocenters. The zero-order valence-electron chi connectivity index (χ0n) is 16.9. The fraction of sp³-hybridized carbons (Fsp3) is 0.783. The van der Waals surface area contributed by atoms with Gasteiger partial charge in [-0.05, 0) is 24.5 Å². The number of unbranched alkanes of at least 4 members (excludes halogenated alkanes) is 15. The molecule has 0 bridgehead atoms. The average molecular weight is 400 g/mol. The van der Waals surface area contributed by atoms with Crippen molar-refractivity contribution in [1.29, 1.82) is 0 Å². The van der Waals surface area contributed by atoms with Gasteiger partial charge in [0.15, 0.2) is 0 Å². The Morgan fingerprint density at radius 1 is 0.615 bits per heavy atom. The Bertz CT molecular complexity index is 448. The monoisotopic (exact) mass is 399 g/mol. The number of hydrogen-bond acceptors (Lipinski definition) is 1. The van der Waals surface area contributed by atoms with E-state index in [1.54, 1.807) is 0 Å². The molecule has 0 amide bonds. The second-order valence-corrected chi connectivity index (χ2v) is 8.38. The van der Waals surface area contributed by atoms with Crippen molar-refractivity contribution in [2.75, 3.05) is 0 Å². The summed E-state index contributed by atoms with van der Waals surface area (Å²) in [5.74, 6) is 0. The highest BCUT2D eigenvalue weighted by Crippen LogP contribution is 2.19. The SMILES string of the molecule is CCCCCCCCCCCCCCCCCCc1ccc(Cl)nc1Cl. The molecule has 1 aromatic heterocycles. The van der Waals surface area contributed by atoms with Crippen LogP contribution in [0.15, 0.2) is 12.1 Å². The number of nitrogens with zero attached hydrogens (tertiary/aromatic N) is 1. The summed E-state index contributed by atoms with van der Waals surface area (Å²) >= 11 is 11.9. The molecule has 0 fully saturated rings. The number of pyridine rings is 1. The Hall–Kier alpha value is -0.270. The van der Waals surface area contributed by atoms with Gasteiger partial charge in [-0.3, -0.25) is 0 Å². The second kappa shape index (κ2) is 16.9. The van der Waals surface area contributed by atoms with Gasteiger partial charge in [0.2, 0.25) is 0 Å². The molecule has 1 nitrogen and oxygen atoms in total. The van der Waals surface area contributed by atoms with Gasteiger partial charge in [0.25, 0.3) is 0 Å². The van der Waals surface area contributed by atoms with Crippen molar-refractivity contribution in [1.82, 2.24) is 4.98 Å². The van der Waals surface area contributed by atoms with Crippen molar-refractivity contribution in [3.05, 3.63) is 28.0 Å². The van der Waals surface area contributed by atoms with E-state index in [1.807, 2.05) is 12.1 Å². The molecule has 0 radical (unpaired) electrons. The lowest BCUT2D eigenvalue weighted by Gasteiger charge is -2.05. The third kappa shape index (κ3) is 13.0. The van der Waals surface area contributed by atoms with Gasteiger partial charge in [0.1, 0.15) is 10.3 Å². The highest BCUT2D eigenvalue weighted by Gasteiger charge is 2.02. The summed E-state index contributed by atoms with van der Waals surface area (Å²) in [6.07, 6.45) is 23.4. The van der Waals surface area contributed by atoms with Crippen molar-refractivity contribution in [3.8, 4) is 0 Å². The van der Waals surface area contributed by atoms with E-state index in [0.717, 1.165) is 12.0 Å². The average Bonchev–Trinajstić information content (AvgIpc) is 2.63. The van der Waals surface area contributed by atoms with Crippen molar-refractivity contribution in [2.45, 2.75) is 116 Å². The molecule has 0 aliphatic heterocycles. The molecule has 1 rings (SSSR count). The summed E-state index contributed by atoms with van der Waals surface area (Å²) in [6.45, 7) is 2.29. The molecule has 0 aromatic carbocycles. The van der Waals surface area contributed by atoms with Gasteiger partial charge in [-0.15, -0.1) is 0 Å². The predicted octanol–water partition coefficient (Wildman–Crippen LogP) is 9.19. The molecule has 0 N–H and O–H groups in total. The normalized spacial score (nSPS) is 11.2. The molecular formula is C23H39Cl2N. The summed E-state index contributed by atoms with van der Waals surface area (Å²) in [7, 11) is 0. The van der Waals surface area contributed by atoms with Gasteiger partial charge >= 0.3 is 0 Å². The smallest absolute Gasteiger partial charge is 0.134 e. The molecule has 0 spiro atoms. The van der Waals surface area contributed by atoms with Crippen LogP contribution in [0.25, 0.3) is 0 Å². The predicted molar refractivity (Wildman–Crippen MR) is 118 cm³/mol. The Morgan fingerprint density at radius 2 is 1.04 bits per heavy atom. The van der Waals surface area contributed by atoms with Gasteiger partial charge in [0.05, 0.1) is 0 Å². The first-order valence-corrected chi connectivity index (χ1v) is 11.8. The quantitative estimate of drug-likeness (QED) is 0.188. The maximum Gasteiger partial charge on any atom is 0.134 e. The maximum absolute atomic E-state index is 6.10. The van der Waals surface area contributed by atoms with Crippen molar-refractivity contribution < 1.29 is 0 Å². The summed E-state index contributed by atoms with van der Waals surface area (Å²) in [5, 5.41) is 1.05. The summed E-state index contributed by atoms with van der Waals surface area (Å²) in [5.41, 5.74) is 1.13. The molecule has 150 valence electrons. The van der Waals surface area contributed by atoms with Gasteiger partial charge in [0, 0.05) is 0 Å². The maximum atomic E-state index is 6.10. The number of rotatable bonds is 17. The van der Waals surface area contributed by atoms with Gasteiger partial charge in [-0.2, -0.15) is 0 Å². The summed E-state index contributed by atoms with van der Waals surface area (Å²) in [6, 6.07) is 3.83. The molecule has 3 heteroatoms. The van der Waals surface area contributed by atoms with Crippen molar-refractivity contribution in [3.63, 3.8) is 0 Å². The van der Waals surface area contributed by atoms with Crippen LogP contribution in [0.1, 0.15) is 115 Å². The Labute approximate surface area is 172 Å².